The Labute approximate surface area is 121 Å². The van der Waals surface area contributed by atoms with Gasteiger partial charge in [0.1, 0.15) is 11.5 Å². The number of alkyl halides is 3. The molecule has 0 aliphatic carbocycles. The van der Waals surface area contributed by atoms with Crippen LogP contribution in [0.5, 0.6) is 0 Å². The predicted molar refractivity (Wildman–Crippen MR) is 68.7 cm³/mol. The van der Waals surface area contributed by atoms with E-state index < -0.39 is 17.8 Å². The summed E-state index contributed by atoms with van der Waals surface area (Å²) >= 11 is 5.66. The quantitative estimate of drug-likeness (QED) is 0.904. The summed E-state index contributed by atoms with van der Waals surface area (Å²) in [6.45, 7) is 0. The second-order valence-electron chi connectivity index (χ2n) is 3.91. The number of aromatic nitrogens is 2. The van der Waals surface area contributed by atoms with Gasteiger partial charge in [-0.3, -0.25) is 0 Å². The Morgan fingerprint density at radius 1 is 1.24 bits per heavy atom. The largest absolute Gasteiger partial charge is 0.478 e. The van der Waals surface area contributed by atoms with Crippen molar-refractivity contribution in [3.63, 3.8) is 0 Å². The zero-order chi connectivity index (χ0) is 15.6. The molecule has 21 heavy (non-hydrogen) atoms. The van der Waals surface area contributed by atoms with Gasteiger partial charge in [-0.05, 0) is 18.2 Å². The average molecular weight is 318 g/mol. The average Bonchev–Trinajstić information content (AvgIpc) is 2.40. The van der Waals surface area contributed by atoms with Crippen molar-refractivity contribution >= 4 is 29.1 Å². The van der Waals surface area contributed by atoms with E-state index in [4.69, 9.17) is 16.7 Å². The Hall–Kier alpha value is -2.35. The molecule has 0 bridgehead atoms. The third kappa shape index (κ3) is 3.60. The summed E-state index contributed by atoms with van der Waals surface area (Å²) in [4.78, 5) is 18.0. The molecule has 2 heterocycles. The molecule has 0 fully saturated rings. The van der Waals surface area contributed by atoms with Crippen molar-refractivity contribution in [2.75, 3.05) is 5.32 Å². The van der Waals surface area contributed by atoms with Crippen LogP contribution in [0, 0.1) is 0 Å². The number of hydrogen-bond donors (Lipinski definition) is 2. The van der Waals surface area contributed by atoms with Gasteiger partial charge in [-0.1, -0.05) is 11.6 Å². The molecule has 0 saturated carbocycles. The minimum Gasteiger partial charge on any atom is -0.478 e. The molecule has 0 unspecified atom stereocenters. The molecule has 110 valence electrons. The Kier molecular flexibility index (Phi) is 3.99. The van der Waals surface area contributed by atoms with Gasteiger partial charge < -0.3 is 10.4 Å². The summed E-state index contributed by atoms with van der Waals surface area (Å²) in [5, 5.41) is 11.5. The normalized spacial score (nSPS) is 11.2. The van der Waals surface area contributed by atoms with Crippen molar-refractivity contribution in [2.24, 2.45) is 0 Å². The lowest BCUT2D eigenvalue weighted by Crippen LogP contribution is -2.07. The smallest absolute Gasteiger partial charge is 0.433 e. The highest BCUT2D eigenvalue weighted by Crippen LogP contribution is 2.28. The molecule has 2 N–H and O–H groups in total. The Morgan fingerprint density at radius 2 is 1.95 bits per heavy atom. The number of anilines is 2. The van der Waals surface area contributed by atoms with E-state index in [-0.39, 0.29) is 22.1 Å². The molecule has 0 radical (unpaired) electrons. The number of rotatable bonds is 3. The molecule has 0 spiro atoms. The Morgan fingerprint density at radius 3 is 2.48 bits per heavy atom. The number of halogens is 4. The first-order chi connectivity index (χ1) is 9.77. The molecule has 2 aromatic rings. The second kappa shape index (κ2) is 5.57. The number of hydrogen-bond acceptors (Lipinski definition) is 4. The van der Waals surface area contributed by atoms with Crippen LogP contribution in [0.25, 0.3) is 0 Å². The minimum atomic E-state index is -4.52. The van der Waals surface area contributed by atoms with E-state index in [1.54, 1.807) is 0 Å². The molecule has 2 rings (SSSR count). The second-order valence-corrected chi connectivity index (χ2v) is 4.32. The van der Waals surface area contributed by atoms with Gasteiger partial charge >= 0.3 is 12.1 Å². The summed E-state index contributed by atoms with van der Waals surface area (Å²) in [6.07, 6.45) is -2.42. The molecule has 0 atom stereocenters. The molecule has 5 nitrogen and oxygen atoms in total. The number of aromatic carboxylic acids is 1. The van der Waals surface area contributed by atoms with E-state index >= 15 is 0 Å². The number of carbonyl (C=O) groups is 1. The molecule has 0 amide bonds. The molecule has 2 aromatic heterocycles. The summed E-state index contributed by atoms with van der Waals surface area (Å²) in [5.74, 6) is -1.12. The van der Waals surface area contributed by atoms with Crippen molar-refractivity contribution < 1.29 is 23.1 Å². The summed E-state index contributed by atoms with van der Waals surface area (Å²) in [6, 6.07) is 3.13. The molecular weight excluding hydrogens is 311 g/mol. The van der Waals surface area contributed by atoms with E-state index in [1.165, 1.54) is 6.07 Å². The third-order valence-electron chi connectivity index (χ3n) is 2.41. The van der Waals surface area contributed by atoms with Gasteiger partial charge in [0, 0.05) is 6.20 Å². The number of carboxylic acid groups (broad SMARTS) is 1. The topological polar surface area (TPSA) is 75.1 Å². The number of nitrogens with one attached hydrogen (secondary N) is 1. The van der Waals surface area contributed by atoms with Crippen LogP contribution in [0.1, 0.15) is 16.1 Å². The van der Waals surface area contributed by atoms with Gasteiger partial charge in [0.15, 0.2) is 0 Å². The fourth-order valence-corrected chi connectivity index (χ4v) is 1.64. The SMILES string of the molecule is O=C(O)c1cc(Nc2ccc(C(F)(F)F)nc2)ncc1Cl. The molecule has 0 aliphatic heterocycles. The van der Waals surface area contributed by atoms with Crippen molar-refractivity contribution in [3.05, 3.63) is 46.9 Å². The first-order valence-corrected chi connectivity index (χ1v) is 5.84. The highest BCUT2D eigenvalue weighted by atomic mass is 35.5. The minimum absolute atomic E-state index is 0.0430. The summed E-state index contributed by atoms with van der Waals surface area (Å²) in [7, 11) is 0. The van der Waals surface area contributed by atoms with Crippen LogP contribution in [0.4, 0.5) is 24.7 Å². The highest BCUT2D eigenvalue weighted by molar-refractivity contribution is 6.33. The van der Waals surface area contributed by atoms with Crippen molar-refractivity contribution in [3.8, 4) is 0 Å². The maximum absolute atomic E-state index is 12.4. The van der Waals surface area contributed by atoms with Crippen LogP contribution in [0.2, 0.25) is 5.02 Å². The van der Waals surface area contributed by atoms with Gasteiger partial charge in [0.25, 0.3) is 0 Å². The zero-order valence-electron chi connectivity index (χ0n) is 10.1. The maximum atomic E-state index is 12.4. The van der Waals surface area contributed by atoms with Gasteiger partial charge in [-0.25, -0.2) is 14.8 Å². The van der Waals surface area contributed by atoms with E-state index in [9.17, 15) is 18.0 Å². The zero-order valence-corrected chi connectivity index (χ0v) is 10.9. The van der Waals surface area contributed by atoms with E-state index in [2.05, 4.69) is 15.3 Å². The molecule has 0 aromatic carbocycles. The molecule has 0 aliphatic rings. The van der Waals surface area contributed by atoms with Crippen molar-refractivity contribution in [2.45, 2.75) is 6.18 Å². The Bertz CT molecular complexity index is 674. The van der Waals surface area contributed by atoms with Gasteiger partial charge in [0.2, 0.25) is 0 Å². The van der Waals surface area contributed by atoms with Crippen LogP contribution >= 0.6 is 11.6 Å². The van der Waals surface area contributed by atoms with E-state index in [0.717, 1.165) is 24.5 Å². The van der Waals surface area contributed by atoms with Crippen molar-refractivity contribution in [1.82, 2.24) is 9.97 Å². The van der Waals surface area contributed by atoms with Gasteiger partial charge in [0.05, 0.1) is 22.5 Å². The Balaban J connectivity index is 2.22. The lowest BCUT2D eigenvalue weighted by Gasteiger charge is -2.09. The van der Waals surface area contributed by atoms with E-state index in [0.29, 0.717) is 0 Å². The summed E-state index contributed by atoms with van der Waals surface area (Å²) < 4.78 is 37.1. The maximum Gasteiger partial charge on any atom is 0.433 e. The van der Waals surface area contributed by atoms with Crippen molar-refractivity contribution in [1.29, 1.82) is 0 Å². The molecule has 9 heteroatoms. The summed E-state index contributed by atoms with van der Waals surface area (Å²) in [5.41, 5.74) is -0.966. The number of nitrogens with zero attached hydrogens (tertiary/aromatic N) is 2. The number of pyridine rings is 2. The molecular formula is C12H7ClF3N3O2. The first kappa shape index (κ1) is 15.0. The predicted octanol–water partition coefficient (Wildman–Crippen LogP) is 3.59. The monoisotopic (exact) mass is 317 g/mol. The lowest BCUT2D eigenvalue weighted by molar-refractivity contribution is -0.141. The van der Waals surface area contributed by atoms with Gasteiger partial charge in [-0.2, -0.15) is 13.2 Å². The fraction of sp³-hybridized carbons (Fsp3) is 0.0833. The third-order valence-corrected chi connectivity index (χ3v) is 2.71. The van der Waals surface area contributed by atoms with Crippen LogP contribution < -0.4 is 5.32 Å². The fourth-order valence-electron chi connectivity index (χ4n) is 1.45. The van der Waals surface area contributed by atoms with Gasteiger partial charge in [-0.15, -0.1) is 0 Å². The van der Waals surface area contributed by atoms with Crippen LogP contribution in [-0.4, -0.2) is 21.0 Å². The number of carboxylic acids is 1. The molecule has 0 saturated heterocycles. The van der Waals surface area contributed by atoms with Crippen LogP contribution in [0.15, 0.2) is 30.6 Å². The standard InChI is InChI=1S/C12H7ClF3N3O2/c13-8-5-18-10(3-7(8)11(20)21)19-6-1-2-9(17-4-6)12(14,15)16/h1-5H,(H,18,19)(H,20,21). The first-order valence-electron chi connectivity index (χ1n) is 5.46. The van der Waals surface area contributed by atoms with E-state index in [1.807, 2.05) is 0 Å². The lowest BCUT2D eigenvalue weighted by atomic mass is 10.2. The van der Waals surface area contributed by atoms with Crippen LogP contribution in [0.3, 0.4) is 0 Å². The highest BCUT2D eigenvalue weighted by Gasteiger charge is 2.32. The van der Waals surface area contributed by atoms with Crippen LogP contribution in [-0.2, 0) is 6.18 Å².